The topological polar surface area (TPSA) is 84.9 Å². The van der Waals surface area contributed by atoms with Gasteiger partial charge in [0, 0.05) is 30.3 Å². The number of piperidine rings is 1. The Labute approximate surface area is 176 Å². The number of benzene rings is 2. The van der Waals surface area contributed by atoms with Gasteiger partial charge in [0.1, 0.15) is 5.75 Å². The van der Waals surface area contributed by atoms with Crippen LogP contribution in [0, 0.1) is 6.92 Å². The monoisotopic (exact) mass is 410 g/mol. The molecule has 158 valence electrons. The van der Waals surface area contributed by atoms with Gasteiger partial charge in [-0.25, -0.2) is 4.79 Å². The molecule has 1 N–H and O–H groups in total. The number of aryl methyl sites for hydroxylation is 1. The predicted molar refractivity (Wildman–Crippen MR) is 112 cm³/mol. The predicted octanol–water partition coefficient (Wildman–Crippen LogP) is 3.56. The smallest absolute Gasteiger partial charge is 0.434 e. The van der Waals surface area contributed by atoms with Gasteiger partial charge in [-0.3, -0.25) is 9.59 Å². The molecule has 2 amide bonds. The number of nitrogens with one attached hydrogen (secondary N) is 1. The van der Waals surface area contributed by atoms with Crippen LogP contribution < -0.4 is 10.1 Å². The van der Waals surface area contributed by atoms with E-state index in [4.69, 9.17) is 9.47 Å². The Hall–Kier alpha value is -3.35. The molecule has 7 heteroatoms. The summed E-state index contributed by atoms with van der Waals surface area (Å²) in [6.45, 7) is 4.98. The Morgan fingerprint density at radius 2 is 1.70 bits per heavy atom. The van der Waals surface area contributed by atoms with Crippen molar-refractivity contribution in [3.63, 3.8) is 0 Å². The van der Waals surface area contributed by atoms with Crippen LogP contribution in [0.4, 0.5) is 4.79 Å². The van der Waals surface area contributed by atoms with E-state index >= 15 is 0 Å². The fourth-order valence-corrected chi connectivity index (χ4v) is 3.41. The lowest BCUT2D eigenvalue weighted by atomic mass is 10.0. The molecule has 2 aromatic rings. The van der Waals surface area contributed by atoms with Gasteiger partial charge in [0.15, 0.2) is 0 Å². The van der Waals surface area contributed by atoms with Gasteiger partial charge < -0.3 is 19.7 Å². The molecule has 3 rings (SSSR count). The minimum absolute atomic E-state index is 0.0431. The number of hydrogen-bond acceptors (Lipinski definition) is 5. The number of ether oxygens (including phenoxy) is 2. The first kappa shape index (κ1) is 21.4. The highest BCUT2D eigenvalue weighted by Crippen LogP contribution is 2.18. The molecular formula is C23H26N2O5. The number of rotatable bonds is 5. The molecule has 0 aliphatic carbocycles. The third-order valence-corrected chi connectivity index (χ3v) is 5.07. The zero-order chi connectivity index (χ0) is 21.5. The minimum atomic E-state index is -0.772. The maximum Gasteiger partial charge on any atom is 0.513 e. The van der Waals surface area contributed by atoms with Crippen LogP contribution >= 0.6 is 0 Å². The second-order valence-corrected chi connectivity index (χ2v) is 7.16. The SMILES string of the molecule is CCOC(=O)Oc1ccc(C(=O)N2CCC(NC(=O)c3ccccc3C)CC2)cc1. The van der Waals surface area contributed by atoms with Crippen molar-refractivity contribution in [3.8, 4) is 5.75 Å². The molecule has 0 spiro atoms. The molecule has 7 nitrogen and oxygen atoms in total. The molecule has 0 unspecified atom stereocenters. The summed E-state index contributed by atoms with van der Waals surface area (Å²) in [5.74, 6) is 0.166. The van der Waals surface area contributed by atoms with Crippen molar-refractivity contribution in [1.82, 2.24) is 10.2 Å². The maximum absolute atomic E-state index is 12.7. The highest BCUT2D eigenvalue weighted by molar-refractivity contribution is 5.96. The van der Waals surface area contributed by atoms with E-state index in [9.17, 15) is 14.4 Å². The molecule has 1 saturated heterocycles. The second-order valence-electron chi connectivity index (χ2n) is 7.16. The van der Waals surface area contributed by atoms with Crippen LogP contribution in [0.25, 0.3) is 0 Å². The molecule has 0 atom stereocenters. The Bertz CT molecular complexity index is 902. The summed E-state index contributed by atoms with van der Waals surface area (Å²) in [5.41, 5.74) is 2.15. The third kappa shape index (κ3) is 5.37. The van der Waals surface area contributed by atoms with Crippen LogP contribution in [0.1, 0.15) is 46.0 Å². The van der Waals surface area contributed by atoms with Gasteiger partial charge in [-0.05, 0) is 62.6 Å². The first-order chi connectivity index (χ1) is 14.5. The van der Waals surface area contributed by atoms with Gasteiger partial charge >= 0.3 is 6.16 Å². The third-order valence-electron chi connectivity index (χ3n) is 5.07. The summed E-state index contributed by atoms with van der Waals surface area (Å²) in [4.78, 5) is 38.3. The van der Waals surface area contributed by atoms with Gasteiger partial charge in [-0.1, -0.05) is 18.2 Å². The lowest BCUT2D eigenvalue weighted by Gasteiger charge is -2.32. The molecule has 30 heavy (non-hydrogen) atoms. The van der Waals surface area contributed by atoms with E-state index in [2.05, 4.69) is 5.32 Å². The number of amides is 2. The van der Waals surface area contributed by atoms with Gasteiger partial charge in [0.2, 0.25) is 0 Å². The number of carbonyl (C=O) groups excluding carboxylic acids is 3. The van der Waals surface area contributed by atoms with Crippen molar-refractivity contribution in [3.05, 3.63) is 65.2 Å². The zero-order valence-electron chi connectivity index (χ0n) is 17.2. The van der Waals surface area contributed by atoms with Crippen molar-refractivity contribution in [2.45, 2.75) is 32.7 Å². The van der Waals surface area contributed by atoms with E-state index < -0.39 is 6.16 Å². The van der Waals surface area contributed by atoms with E-state index in [0.29, 0.717) is 42.8 Å². The van der Waals surface area contributed by atoms with Crippen LogP contribution in [-0.4, -0.2) is 48.6 Å². The largest absolute Gasteiger partial charge is 0.513 e. The van der Waals surface area contributed by atoms with Crippen molar-refractivity contribution in [1.29, 1.82) is 0 Å². The lowest BCUT2D eigenvalue weighted by Crippen LogP contribution is -2.46. The standard InChI is InChI=1S/C23H26N2O5/c1-3-29-23(28)30-19-10-8-17(9-11-19)22(27)25-14-12-18(13-15-25)24-21(26)20-7-5-4-6-16(20)2/h4-11,18H,3,12-15H2,1-2H3,(H,24,26). The van der Waals surface area contributed by atoms with E-state index in [1.807, 2.05) is 31.2 Å². The average Bonchev–Trinajstić information content (AvgIpc) is 2.75. The molecule has 0 bridgehead atoms. The Morgan fingerprint density at radius 3 is 2.33 bits per heavy atom. The summed E-state index contributed by atoms with van der Waals surface area (Å²) < 4.78 is 9.73. The second kappa shape index (κ2) is 9.91. The van der Waals surface area contributed by atoms with E-state index in [1.54, 1.807) is 36.1 Å². The van der Waals surface area contributed by atoms with Crippen LogP contribution in [0.3, 0.4) is 0 Å². The molecule has 2 aromatic carbocycles. The van der Waals surface area contributed by atoms with E-state index in [1.165, 1.54) is 0 Å². The summed E-state index contributed by atoms with van der Waals surface area (Å²) in [6.07, 6.45) is 0.632. The molecule has 1 aliphatic heterocycles. The minimum Gasteiger partial charge on any atom is -0.434 e. The number of nitrogens with zero attached hydrogens (tertiary/aromatic N) is 1. The van der Waals surface area contributed by atoms with Crippen LogP contribution in [0.5, 0.6) is 5.75 Å². The first-order valence-corrected chi connectivity index (χ1v) is 10.1. The zero-order valence-corrected chi connectivity index (χ0v) is 17.2. The molecule has 0 saturated carbocycles. The van der Waals surface area contributed by atoms with Gasteiger partial charge in [-0.15, -0.1) is 0 Å². The lowest BCUT2D eigenvalue weighted by molar-refractivity contribution is 0.0698. The Morgan fingerprint density at radius 1 is 1.03 bits per heavy atom. The van der Waals surface area contributed by atoms with Gasteiger partial charge in [0.05, 0.1) is 6.61 Å². The number of hydrogen-bond donors (Lipinski definition) is 1. The highest BCUT2D eigenvalue weighted by atomic mass is 16.7. The number of carbonyl (C=O) groups is 3. The van der Waals surface area contributed by atoms with Crippen molar-refractivity contribution < 1.29 is 23.9 Å². The summed E-state index contributed by atoms with van der Waals surface area (Å²) in [5, 5.41) is 3.07. The molecule has 1 fully saturated rings. The van der Waals surface area contributed by atoms with Crippen molar-refractivity contribution >= 4 is 18.0 Å². The van der Waals surface area contributed by atoms with Crippen LogP contribution in [0.15, 0.2) is 48.5 Å². The summed E-state index contributed by atoms with van der Waals surface area (Å²) in [7, 11) is 0. The normalized spacial score (nSPS) is 14.1. The van der Waals surface area contributed by atoms with Crippen LogP contribution in [-0.2, 0) is 4.74 Å². The highest BCUT2D eigenvalue weighted by Gasteiger charge is 2.25. The number of likely N-dealkylation sites (tertiary alicyclic amines) is 1. The summed E-state index contributed by atoms with van der Waals surface area (Å²) in [6, 6.07) is 13.9. The maximum atomic E-state index is 12.7. The molecule has 0 aromatic heterocycles. The first-order valence-electron chi connectivity index (χ1n) is 10.1. The van der Waals surface area contributed by atoms with E-state index in [-0.39, 0.29) is 24.5 Å². The van der Waals surface area contributed by atoms with Crippen LogP contribution in [0.2, 0.25) is 0 Å². The molecule has 1 aliphatic rings. The van der Waals surface area contributed by atoms with Gasteiger partial charge in [0.25, 0.3) is 11.8 Å². The molecular weight excluding hydrogens is 384 g/mol. The fourth-order valence-electron chi connectivity index (χ4n) is 3.41. The van der Waals surface area contributed by atoms with E-state index in [0.717, 1.165) is 5.56 Å². The molecule has 1 heterocycles. The van der Waals surface area contributed by atoms with Gasteiger partial charge in [-0.2, -0.15) is 0 Å². The van der Waals surface area contributed by atoms with Crippen molar-refractivity contribution in [2.75, 3.05) is 19.7 Å². The Balaban J connectivity index is 1.51. The quantitative estimate of drug-likeness (QED) is 0.602. The fraction of sp³-hybridized carbons (Fsp3) is 0.348. The summed E-state index contributed by atoms with van der Waals surface area (Å²) >= 11 is 0. The average molecular weight is 410 g/mol. The molecule has 0 radical (unpaired) electrons. The van der Waals surface area contributed by atoms with Crippen molar-refractivity contribution in [2.24, 2.45) is 0 Å². The Kier molecular flexibility index (Phi) is 7.06.